The fourth-order valence-corrected chi connectivity index (χ4v) is 1.97. The smallest absolute Gasteiger partial charge is 0.401 e. The third-order valence-corrected chi connectivity index (χ3v) is 2.87. The van der Waals surface area contributed by atoms with E-state index in [1.54, 1.807) is 19.2 Å². The minimum atomic E-state index is -4.19. The second-order valence-electron chi connectivity index (χ2n) is 4.18. The molecule has 6 heteroatoms. The first-order chi connectivity index (χ1) is 8.94. The van der Waals surface area contributed by atoms with Gasteiger partial charge < -0.3 is 14.8 Å². The van der Waals surface area contributed by atoms with E-state index in [1.807, 2.05) is 6.08 Å². The number of alkyl halides is 3. The van der Waals surface area contributed by atoms with Crippen molar-refractivity contribution in [1.29, 1.82) is 0 Å². The molecule has 0 aromatic heterocycles. The predicted molar refractivity (Wildman–Crippen MR) is 66.3 cm³/mol. The summed E-state index contributed by atoms with van der Waals surface area (Å²) in [5.74, 6) is 1.18. The molecule has 1 aliphatic carbocycles. The van der Waals surface area contributed by atoms with Gasteiger partial charge in [0.25, 0.3) is 0 Å². The average molecular weight is 273 g/mol. The molecule has 0 saturated heterocycles. The lowest BCUT2D eigenvalue weighted by atomic mass is 9.88. The SMILES string of the molecule is COc1cc2c(cc1OC)C(CNCC(F)(F)F)=C2. The first-order valence-electron chi connectivity index (χ1n) is 5.69. The number of methoxy groups -OCH3 is 2. The summed E-state index contributed by atoms with van der Waals surface area (Å²) in [6, 6.07) is 3.58. The van der Waals surface area contributed by atoms with E-state index in [0.29, 0.717) is 11.5 Å². The van der Waals surface area contributed by atoms with E-state index in [4.69, 9.17) is 9.47 Å². The van der Waals surface area contributed by atoms with Gasteiger partial charge in [-0.05, 0) is 34.9 Å². The molecule has 0 bridgehead atoms. The Morgan fingerprint density at radius 1 is 1.11 bits per heavy atom. The topological polar surface area (TPSA) is 30.5 Å². The summed E-state index contributed by atoms with van der Waals surface area (Å²) in [7, 11) is 3.06. The number of nitrogens with one attached hydrogen (secondary N) is 1. The molecule has 104 valence electrons. The van der Waals surface area contributed by atoms with Gasteiger partial charge in [-0.25, -0.2) is 0 Å². The number of hydrogen-bond acceptors (Lipinski definition) is 3. The van der Waals surface area contributed by atoms with Crippen LogP contribution < -0.4 is 14.8 Å². The minimum absolute atomic E-state index is 0.183. The fourth-order valence-electron chi connectivity index (χ4n) is 1.97. The summed E-state index contributed by atoms with van der Waals surface area (Å²) in [4.78, 5) is 0. The van der Waals surface area contributed by atoms with E-state index in [9.17, 15) is 13.2 Å². The minimum Gasteiger partial charge on any atom is -0.493 e. The Morgan fingerprint density at radius 2 is 1.74 bits per heavy atom. The van der Waals surface area contributed by atoms with E-state index in [0.717, 1.165) is 16.7 Å². The summed E-state index contributed by atoms with van der Waals surface area (Å²) in [6.07, 6.45) is -2.36. The van der Waals surface area contributed by atoms with Crippen molar-refractivity contribution in [2.45, 2.75) is 6.18 Å². The van der Waals surface area contributed by atoms with Crippen molar-refractivity contribution in [1.82, 2.24) is 5.32 Å². The highest BCUT2D eigenvalue weighted by Gasteiger charge is 2.27. The molecule has 1 aromatic carbocycles. The fraction of sp³-hybridized carbons (Fsp3) is 0.385. The molecule has 19 heavy (non-hydrogen) atoms. The van der Waals surface area contributed by atoms with Crippen LogP contribution in [0, 0.1) is 0 Å². The average Bonchev–Trinajstić information content (AvgIpc) is 2.33. The van der Waals surface area contributed by atoms with Gasteiger partial charge in [-0.1, -0.05) is 0 Å². The van der Waals surface area contributed by atoms with Crippen LogP contribution in [0.1, 0.15) is 11.1 Å². The van der Waals surface area contributed by atoms with Crippen molar-refractivity contribution in [3.8, 4) is 11.5 Å². The van der Waals surface area contributed by atoms with E-state index < -0.39 is 12.7 Å². The normalized spacial score (nSPS) is 13.4. The Morgan fingerprint density at radius 3 is 2.32 bits per heavy atom. The molecular weight excluding hydrogens is 259 g/mol. The Labute approximate surface area is 109 Å². The number of ether oxygens (including phenoxy) is 2. The number of hydrogen-bond donors (Lipinski definition) is 1. The lowest BCUT2D eigenvalue weighted by Crippen LogP contribution is -2.30. The first kappa shape index (κ1) is 13.7. The maximum atomic E-state index is 12.0. The Hall–Kier alpha value is -1.69. The number of benzene rings is 1. The van der Waals surface area contributed by atoms with Crippen LogP contribution in [0.4, 0.5) is 13.2 Å². The Bertz CT molecular complexity index is 509. The molecule has 1 N–H and O–H groups in total. The van der Waals surface area contributed by atoms with Crippen LogP contribution in [-0.4, -0.2) is 33.5 Å². The lowest BCUT2D eigenvalue weighted by Gasteiger charge is -2.23. The van der Waals surface area contributed by atoms with Gasteiger partial charge in [0.1, 0.15) is 0 Å². The molecule has 0 heterocycles. The predicted octanol–water partition coefficient (Wildman–Crippen LogP) is 2.71. The highest BCUT2D eigenvalue weighted by Crippen LogP contribution is 2.40. The molecule has 0 atom stereocenters. The van der Waals surface area contributed by atoms with Gasteiger partial charge in [0, 0.05) is 6.54 Å². The van der Waals surface area contributed by atoms with Crippen molar-refractivity contribution in [2.24, 2.45) is 0 Å². The van der Waals surface area contributed by atoms with Crippen molar-refractivity contribution in [2.75, 3.05) is 27.3 Å². The molecule has 0 amide bonds. The van der Waals surface area contributed by atoms with E-state index in [-0.39, 0.29) is 6.54 Å². The Balaban J connectivity index is 2.03. The molecule has 0 spiro atoms. The van der Waals surface area contributed by atoms with E-state index >= 15 is 0 Å². The van der Waals surface area contributed by atoms with Crippen molar-refractivity contribution in [3.05, 3.63) is 23.3 Å². The highest BCUT2D eigenvalue weighted by molar-refractivity contribution is 5.97. The zero-order valence-corrected chi connectivity index (χ0v) is 10.6. The highest BCUT2D eigenvalue weighted by atomic mass is 19.4. The molecule has 0 fully saturated rings. The van der Waals surface area contributed by atoms with Crippen LogP contribution in [0.25, 0.3) is 11.6 Å². The number of rotatable bonds is 5. The zero-order chi connectivity index (χ0) is 14.0. The maximum Gasteiger partial charge on any atom is 0.401 e. The standard InChI is InChI=1S/C13H14F3NO2/c1-18-11-4-8-3-9(6-17-7-13(14,15)16)10(8)5-12(11)19-2/h3-5,17H,6-7H2,1-2H3. The van der Waals surface area contributed by atoms with Crippen LogP contribution in [0.2, 0.25) is 0 Å². The monoisotopic (exact) mass is 273 g/mol. The van der Waals surface area contributed by atoms with Crippen LogP contribution >= 0.6 is 0 Å². The molecule has 1 aliphatic rings. The number of fused-ring (bicyclic) bond motifs is 1. The summed E-state index contributed by atoms with van der Waals surface area (Å²) >= 11 is 0. The third kappa shape index (κ3) is 3.01. The van der Waals surface area contributed by atoms with Gasteiger partial charge >= 0.3 is 6.18 Å². The largest absolute Gasteiger partial charge is 0.493 e. The molecule has 0 radical (unpaired) electrons. The van der Waals surface area contributed by atoms with E-state index in [1.165, 1.54) is 7.11 Å². The second kappa shape index (κ2) is 5.13. The lowest BCUT2D eigenvalue weighted by molar-refractivity contribution is -0.124. The van der Waals surface area contributed by atoms with Crippen molar-refractivity contribution < 1.29 is 22.6 Å². The molecule has 0 aliphatic heterocycles. The van der Waals surface area contributed by atoms with Crippen molar-refractivity contribution >= 4 is 11.6 Å². The first-order valence-corrected chi connectivity index (χ1v) is 5.69. The molecule has 1 aromatic rings. The molecule has 0 unspecified atom stereocenters. The van der Waals surface area contributed by atoms with Gasteiger partial charge in [0.15, 0.2) is 11.5 Å². The van der Waals surface area contributed by atoms with Gasteiger partial charge in [-0.15, -0.1) is 0 Å². The summed E-state index contributed by atoms with van der Waals surface area (Å²) < 4.78 is 46.4. The maximum absolute atomic E-state index is 12.0. The summed E-state index contributed by atoms with van der Waals surface area (Å²) in [5.41, 5.74) is 2.67. The van der Waals surface area contributed by atoms with Gasteiger partial charge in [0.05, 0.1) is 20.8 Å². The van der Waals surface area contributed by atoms with Crippen LogP contribution in [0.5, 0.6) is 11.5 Å². The molecular formula is C13H14F3NO2. The third-order valence-electron chi connectivity index (χ3n) is 2.87. The zero-order valence-electron chi connectivity index (χ0n) is 10.6. The van der Waals surface area contributed by atoms with Crippen LogP contribution in [-0.2, 0) is 0 Å². The molecule has 3 nitrogen and oxygen atoms in total. The summed E-state index contributed by atoms with van der Waals surface area (Å²) in [5, 5.41) is 2.37. The second-order valence-corrected chi connectivity index (χ2v) is 4.18. The number of halogens is 3. The van der Waals surface area contributed by atoms with E-state index in [2.05, 4.69) is 5.32 Å². The van der Waals surface area contributed by atoms with Crippen LogP contribution in [0.15, 0.2) is 12.1 Å². The Kier molecular flexibility index (Phi) is 3.71. The van der Waals surface area contributed by atoms with Crippen LogP contribution in [0.3, 0.4) is 0 Å². The van der Waals surface area contributed by atoms with Gasteiger partial charge in [-0.3, -0.25) is 0 Å². The van der Waals surface area contributed by atoms with Crippen molar-refractivity contribution in [3.63, 3.8) is 0 Å². The van der Waals surface area contributed by atoms with Gasteiger partial charge in [-0.2, -0.15) is 13.2 Å². The molecule has 2 rings (SSSR count). The quantitative estimate of drug-likeness (QED) is 0.894. The summed E-state index contributed by atoms with van der Waals surface area (Å²) in [6.45, 7) is -0.811. The molecule has 0 saturated carbocycles. The van der Waals surface area contributed by atoms with Gasteiger partial charge in [0.2, 0.25) is 0 Å².